The number of aryl methyl sites for hydroxylation is 2. The third-order valence-electron chi connectivity index (χ3n) is 5.75. The molecule has 2 unspecified atom stereocenters. The Hall–Kier alpha value is -1.79. The molecule has 0 radical (unpaired) electrons. The van der Waals surface area contributed by atoms with Crippen LogP contribution in [0.5, 0.6) is 0 Å². The van der Waals surface area contributed by atoms with E-state index in [1.54, 1.807) is 0 Å². The fraction of sp³-hybridized carbons (Fsp3) is 0.455. The molecular formula is C22H30FN3O. The monoisotopic (exact) mass is 371 g/mol. The first-order chi connectivity index (χ1) is 12.9. The molecular weight excluding hydrogens is 341 g/mol. The van der Waals surface area contributed by atoms with Crippen LogP contribution in [0.2, 0.25) is 0 Å². The number of halogens is 1. The lowest BCUT2D eigenvalue weighted by Gasteiger charge is -2.27. The maximum Gasteiger partial charge on any atom is 0.123 e. The molecule has 2 aromatic rings. The fourth-order valence-corrected chi connectivity index (χ4v) is 4.23. The molecule has 0 aliphatic carbocycles. The van der Waals surface area contributed by atoms with Crippen molar-refractivity contribution < 1.29 is 9.50 Å². The molecule has 4 nitrogen and oxygen atoms in total. The Balaban J connectivity index is 1.72. The van der Waals surface area contributed by atoms with Crippen molar-refractivity contribution in [1.82, 2.24) is 15.8 Å². The number of nitrogens with zero attached hydrogens (tertiary/aromatic N) is 1. The van der Waals surface area contributed by atoms with Gasteiger partial charge in [0.15, 0.2) is 0 Å². The summed E-state index contributed by atoms with van der Waals surface area (Å²) in [4.78, 5) is 2.34. The van der Waals surface area contributed by atoms with Gasteiger partial charge in [0, 0.05) is 25.6 Å². The summed E-state index contributed by atoms with van der Waals surface area (Å²) in [5, 5.41) is 9.70. The highest BCUT2D eigenvalue weighted by molar-refractivity contribution is 5.44. The molecule has 2 atom stereocenters. The van der Waals surface area contributed by atoms with Crippen molar-refractivity contribution in [2.24, 2.45) is 5.92 Å². The van der Waals surface area contributed by atoms with Crippen LogP contribution in [-0.2, 0) is 13.2 Å². The summed E-state index contributed by atoms with van der Waals surface area (Å²) in [6.07, 6.45) is 0. The standard InChI is InChI=1S/C22H30FN3O/c1-14-9-15(2)21(13-27)16(3)20(14)12-26(4)11-18-10-24-25-22(18)17-5-7-19(23)8-6-17/h5-9,18,22,24-25,27H,10-13H2,1-4H3. The van der Waals surface area contributed by atoms with Gasteiger partial charge in [-0.1, -0.05) is 18.2 Å². The normalized spacial score (nSPS) is 19.8. The van der Waals surface area contributed by atoms with E-state index in [1.807, 2.05) is 12.1 Å². The zero-order valence-electron chi connectivity index (χ0n) is 16.6. The minimum Gasteiger partial charge on any atom is -0.392 e. The van der Waals surface area contributed by atoms with E-state index in [4.69, 9.17) is 0 Å². The van der Waals surface area contributed by atoms with Crippen molar-refractivity contribution in [1.29, 1.82) is 0 Å². The third-order valence-corrected chi connectivity index (χ3v) is 5.75. The Kier molecular flexibility index (Phi) is 6.27. The highest BCUT2D eigenvalue weighted by Gasteiger charge is 2.29. The predicted octanol–water partition coefficient (Wildman–Crippen LogP) is 3.14. The van der Waals surface area contributed by atoms with Gasteiger partial charge in [0.1, 0.15) is 5.82 Å². The van der Waals surface area contributed by atoms with E-state index < -0.39 is 0 Å². The average Bonchev–Trinajstić information content (AvgIpc) is 3.07. The Morgan fingerprint density at radius 2 is 1.78 bits per heavy atom. The lowest BCUT2D eigenvalue weighted by molar-refractivity contribution is 0.260. The van der Waals surface area contributed by atoms with E-state index in [0.717, 1.165) is 36.3 Å². The molecule has 1 aliphatic heterocycles. The van der Waals surface area contributed by atoms with Crippen LogP contribution in [0.4, 0.5) is 4.39 Å². The lowest BCUT2D eigenvalue weighted by Crippen LogP contribution is -2.30. The maximum atomic E-state index is 13.2. The molecule has 0 bridgehead atoms. The molecule has 5 heteroatoms. The molecule has 1 fully saturated rings. The van der Waals surface area contributed by atoms with Gasteiger partial charge in [-0.3, -0.25) is 5.43 Å². The van der Waals surface area contributed by atoms with Crippen molar-refractivity contribution in [2.45, 2.75) is 40.0 Å². The van der Waals surface area contributed by atoms with Gasteiger partial charge in [-0.25, -0.2) is 9.82 Å². The zero-order valence-corrected chi connectivity index (χ0v) is 16.6. The molecule has 27 heavy (non-hydrogen) atoms. The number of hydrazine groups is 1. The molecule has 146 valence electrons. The van der Waals surface area contributed by atoms with Crippen LogP contribution in [0.1, 0.15) is 39.4 Å². The van der Waals surface area contributed by atoms with Gasteiger partial charge >= 0.3 is 0 Å². The molecule has 3 N–H and O–H groups in total. The first-order valence-electron chi connectivity index (χ1n) is 9.52. The molecule has 1 saturated heterocycles. The first-order valence-corrected chi connectivity index (χ1v) is 9.52. The predicted molar refractivity (Wildman–Crippen MR) is 107 cm³/mol. The molecule has 0 amide bonds. The summed E-state index contributed by atoms with van der Waals surface area (Å²) >= 11 is 0. The van der Waals surface area contributed by atoms with Gasteiger partial charge in [0.2, 0.25) is 0 Å². The number of aliphatic hydroxyl groups excluding tert-OH is 1. The number of aliphatic hydroxyl groups is 1. The summed E-state index contributed by atoms with van der Waals surface area (Å²) in [6, 6.07) is 9.09. The Bertz CT molecular complexity index is 791. The van der Waals surface area contributed by atoms with E-state index in [-0.39, 0.29) is 18.5 Å². The molecule has 0 saturated carbocycles. The van der Waals surface area contributed by atoms with E-state index in [1.165, 1.54) is 28.8 Å². The second-order valence-corrected chi connectivity index (χ2v) is 7.76. The molecule has 0 spiro atoms. The highest BCUT2D eigenvalue weighted by atomic mass is 19.1. The molecule has 1 aliphatic rings. The van der Waals surface area contributed by atoms with Gasteiger partial charge in [0.05, 0.1) is 12.6 Å². The summed E-state index contributed by atoms with van der Waals surface area (Å²) in [5.74, 6) is 0.187. The van der Waals surface area contributed by atoms with E-state index in [0.29, 0.717) is 5.92 Å². The van der Waals surface area contributed by atoms with Crippen molar-refractivity contribution in [3.05, 3.63) is 69.5 Å². The highest BCUT2D eigenvalue weighted by Crippen LogP contribution is 2.27. The smallest absolute Gasteiger partial charge is 0.123 e. The van der Waals surface area contributed by atoms with Crippen LogP contribution in [0.3, 0.4) is 0 Å². The van der Waals surface area contributed by atoms with Crippen LogP contribution in [-0.4, -0.2) is 30.1 Å². The summed E-state index contributed by atoms with van der Waals surface area (Å²) < 4.78 is 13.2. The topological polar surface area (TPSA) is 47.5 Å². The van der Waals surface area contributed by atoms with Crippen LogP contribution < -0.4 is 10.9 Å². The number of benzene rings is 2. The van der Waals surface area contributed by atoms with Crippen LogP contribution in [0.15, 0.2) is 30.3 Å². The van der Waals surface area contributed by atoms with Crippen molar-refractivity contribution >= 4 is 0 Å². The Labute approximate surface area is 161 Å². The molecule has 3 rings (SSSR count). The first kappa shape index (κ1) is 20.0. The zero-order chi connectivity index (χ0) is 19.6. The summed E-state index contributed by atoms with van der Waals surface area (Å²) in [5.41, 5.74) is 13.6. The SMILES string of the molecule is Cc1cc(C)c(CN(C)CC2CNNC2c2ccc(F)cc2)c(C)c1CO. The lowest BCUT2D eigenvalue weighted by atomic mass is 9.92. The molecule has 1 heterocycles. The molecule has 2 aromatic carbocycles. The van der Waals surface area contributed by atoms with Crippen LogP contribution in [0.25, 0.3) is 0 Å². The van der Waals surface area contributed by atoms with Gasteiger partial charge in [0.25, 0.3) is 0 Å². The second kappa shape index (κ2) is 8.48. The quantitative estimate of drug-likeness (QED) is 0.730. The minimum absolute atomic E-state index is 0.0811. The van der Waals surface area contributed by atoms with Gasteiger partial charge in [-0.15, -0.1) is 0 Å². The van der Waals surface area contributed by atoms with Crippen LogP contribution >= 0.6 is 0 Å². The van der Waals surface area contributed by atoms with E-state index in [9.17, 15) is 9.50 Å². The molecule has 0 aromatic heterocycles. The number of nitrogens with one attached hydrogen (secondary N) is 2. The third kappa shape index (κ3) is 4.38. The van der Waals surface area contributed by atoms with Crippen molar-refractivity contribution in [2.75, 3.05) is 20.1 Å². The number of rotatable bonds is 6. The summed E-state index contributed by atoms with van der Waals surface area (Å²) in [6.45, 7) is 9.03. The number of hydrogen-bond acceptors (Lipinski definition) is 4. The van der Waals surface area contributed by atoms with Crippen molar-refractivity contribution in [3.63, 3.8) is 0 Å². The van der Waals surface area contributed by atoms with Gasteiger partial charge < -0.3 is 10.0 Å². The average molecular weight is 372 g/mol. The van der Waals surface area contributed by atoms with Gasteiger partial charge in [-0.2, -0.15) is 0 Å². The van der Waals surface area contributed by atoms with Crippen LogP contribution in [0, 0.1) is 32.5 Å². The summed E-state index contributed by atoms with van der Waals surface area (Å²) in [7, 11) is 2.14. The second-order valence-electron chi connectivity index (χ2n) is 7.76. The fourth-order valence-electron chi connectivity index (χ4n) is 4.23. The maximum absolute atomic E-state index is 13.2. The van der Waals surface area contributed by atoms with Gasteiger partial charge in [-0.05, 0) is 73.3 Å². The van der Waals surface area contributed by atoms with E-state index >= 15 is 0 Å². The Morgan fingerprint density at radius 1 is 1.11 bits per heavy atom. The Morgan fingerprint density at radius 3 is 2.44 bits per heavy atom. The largest absolute Gasteiger partial charge is 0.392 e. The van der Waals surface area contributed by atoms with Crippen molar-refractivity contribution in [3.8, 4) is 0 Å². The number of hydrogen-bond donors (Lipinski definition) is 3. The van der Waals surface area contributed by atoms with E-state index in [2.05, 4.69) is 49.6 Å². The minimum atomic E-state index is -0.205.